The molecule has 5 heteroatoms. The predicted molar refractivity (Wildman–Crippen MR) is 57.4 cm³/mol. The lowest BCUT2D eigenvalue weighted by Gasteiger charge is -1.96. The highest BCUT2D eigenvalue weighted by Crippen LogP contribution is 2.29. The van der Waals surface area contributed by atoms with E-state index in [0.717, 1.165) is 10.0 Å². The van der Waals surface area contributed by atoms with Crippen molar-refractivity contribution < 1.29 is 9.32 Å². The molecule has 0 aliphatic rings. The first-order valence-electron chi connectivity index (χ1n) is 4.11. The summed E-state index contributed by atoms with van der Waals surface area (Å²) in [6.07, 6.45) is 1.40. The lowest BCUT2D eigenvalue weighted by atomic mass is 10.2. The number of rotatable bonds is 2. The van der Waals surface area contributed by atoms with Gasteiger partial charge < -0.3 is 4.52 Å². The van der Waals surface area contributed by atoms with E-state index in [2.05, 4.69) is 26.1 Å². The number of aromatic nitrogens is 1. The number of nitrogens with zero attached hydrogens (tertiary/aromatic N) is 2. The van der Waals surface area contributed by atoms with Crippen LogP contribution in [0.15, 0.2) is 44.3 Å². The number of hydrogen-bond acceptors (Lipinski definition) is 4. The Morgan fingerprint density at radius 1 is 1.40 bits per heavy atom. The van der Waals surface area contributed by atoms with E-state index in [9.17, 15) is 4.79 Å². The van der Waals surface area contributed by atoms with Gasteiger partial charge in [0.15, 0.2) is 5.76 Å². The SMILES string of the molecule is O=C=Nc1cc(-c2ccccc2Br)on1. The normalized spacial score (nSPS) is 9.67. The van der Waals surface area contributed by atoms with Crippen molar-refractivity contribution in [3.8, 4) is 11.3 Å². The van der Waals surface area contributed by atoms with E-state index in [-0.39, 0.29) is 5.82 Å². The van der Waals surface area contributed by atoms with Gasteiger partial charge in [-0.25, -0.2) is 4.79 Å². The minimum Gasteiger partial charge on any atom is -0.354 e. The maximum Gasteiger partial charge on any atom is 0.242 e. The van der Waals surface area contributed by atoms with Crippen LogP contribution in [0.4, 0.5) is 5.82 Å². The van der Waals surface area contributed by atoms with Gasteiger partial charge in [0.05, 0.1) is 0 Å². The zero-order valence-corrected chi connectivity index (χ0v) is 9.06. The van der Waals surface area contributed by atoms with Gasteiger partial charge in [-0.1, -0.05) is 33.2 Å². The summed E-state index contributed by atoms with van der Waals surface area (Å²) >= 11 is 3.39. The summed E-state index contributed by atoms with van der Waals surface area (Å²) in [4.78, 5) is 13.4. The Morgan fingerprint density at radius 2 is 2.20 bits per heavy atom. The topological polar surface area (TPSA) is 55.5 Å². The first-order valence-corrected chi connectivity index (χ1v) is 4.90. The first-order chi connectivity index (χ1) is 7.31. The summed E-state index contributed by atoms with van der Waals surface area (Å²) in [7, 11) is 0. The molecular weight excluding hydrogens is 260 g/mol. The Kier molecular flexibility index (Phi) is 2.76. The number of benzene rings is 1. The molecule has 0 aliphatic heterocycles. The lowest BCUT2D eigenvalue weighted by Crippen LogP contribution is -1.74. The van der Waals surface area contributed by atoms with Crippen molar-refractivity contribution in [2.24, 2.45) is 4.99 Å². The average Bonchev–Trinajstić information content (AvgIpc) is 2.68. The zero-order valence-electron chi connectivity index (χ0n) is 7.48. The second kappa shape index (κ2) is 4.21. The molecule has 0 N–H and O–H groups in total. The van der Waals surface area contributed by atoms with Gasteiger partial charge in [0.25, 0.3) is 0 Å². The van der Waals surface area contributed by atoms with Crippen LogP contribution in [0.25, 0.3) is 11.3 Å². The highest BCUT2D eigenvalue weighted by molar-refractivity contribution is 9.10. The van der Waals surface area contributed by atoms with E-state index in [0.29, 0.717) is 5.76 Å². The number of aliphatic imine (C=N–C) groups is 1. The molecule has 1 heterocycles. The maximum atomic E-state index is 10.0. The molecule has 0 amide bonds. The molecule has 1 aromatic carbocycles. The van der Waals surface area contributed by atoms with Gasteiger partial charge in [-0.2, -0.15) is 0 Å². The second-order valence-corrected chi connectivity index (χ2v) is 3.59. The summed E-state index contributed by atoms with van der Waals surface area (Å²) in [5, 5.41) is 3.60. The molecule has 15 heavy (non-hydrogen) atoms. The Morgan fingerprint density at radius 3 is 2.93 bits per heavy atom. The molecule has 0 unspecified atom stereocenters. The van der Waals surface area contributed by atoms with Gasteiger partial charge in [0, 0.05) is 16.1 Å². The Labute approximate surface area is 93.7 Å². The molecule has 2 aromatic rings. The molecule has 0 saturated heterocycles. The predicted octanol–water partition coefficient (Wildman–Crippen LogP) is 3.07. The fourth-order valence-corrected chi connectivity index (χ4v) is 1.63. The number of hydrogen-bond donors (Lipinski definition) is 0. The van der Waals surface area contributed by atoms with Crippen molar-refractivity contribution in [1.29, 1.82) is 0 Å². The maximum absolute atomic E-state index is 10.0. The van der Waals surface area contributed by atoms with Gasteiger partial charge in [0.1, 0.15) is 0 Å². The fraction of sp³-hybridized carbons (Fsp3) is 0. The Hall–Kier alpha value is -1.71. The van der Waals surface area contributed by atoms with Crippen LogP contribution in [0.1, 0.15) is 0 Å². The largest absolute Gasteiger partial charge is 0.354 e. The van der Waals surface area contributed by atoms with Crippen LogP contribution >= 0.6 is 15.9 Å². The van der Waals surface area contributed by atoms with Crippen LogP contribution in [-0.2, 0) is 4.79 Å². The Bertz CT molecular complexity index is 530. The van der Waals surface area contributed by atoms with Crippen LogP contribution in [0.5, 0.6) is 0 Å². The van der Waals surface area contributed by atoms with Crippen LogP contribution < -0.4 is 0 Å². The van der Waals surface area contributed by atoms with E-state index in [4.69, 9.17) is 4.52 Å². The third-order valence-electron chi connectivity index (χ3n) is 1.80. The average molecular weight is 265 g/mol. The fourth-order valence-electron chi connectivity index (χ4n) is 1.15. The third kappa shape index (κ3) is 2.03. The first kappa shape index (κ1) is 9.83. The molecule has 0 fully saturated rings. The van der Waals surface area contributed by atoms with Crippen molar-refractivity contribution >= 4 is 27.8 Å². The van der Waals surface area contributed by atoms with Gasteiger partial charge in [0.2, 0.25) is 11.9 Å². The summed E-state index contributed by atoms with van der Waals surface area (Å²) < 4.78 is 5.92. The highest BCUT2D eigenvalue weighted by Gasteiger charge is 2.08. The highest BCUT2D eigenvalue weighted by atomic mass is 79.9. The van der Waals surface area contributed by atoms with Crippen molar-refractivity contribution in [1.82, 2.24) is 5.16 Å². The zero-order chi connectivity index (χ0) is 10.7. The number of halogens is 1. The van der Waals surface area contributed by atoms with Crippen molar-refractivity contribution in [2.75, 3.05) is 0 Å². The van der Waals surface area contributed by atoms with E-state index < -0.39 is 0 Å². The van der Waals surface area contributed by atoms with Crippen LogP contribution in [-0.4, -0.2) is 11.2 Å². The molecule has 0 bridgehead atoms. The molecule has 74 valence electrons. The van der Waals surface area contributed by atoms with E-state index in [1.807, 2.05) is 24.3 Å². The summed E-state index contributed by atoms with van der Waals surface area (Å²) in [6, 6.07) is 9.12. The molecule has 1 aromatic heterocycles. The van der Waals surface area contributed by atoms with Gasteiger partial charge >= 0.3 is 0 Å². The molecule has 0 radical (unpaired) electrons. The van der Waals surface area contributed by atoms with Gasteiger partial charge in [-0.05, 0) is 12.1 Å². The standard InChI is InChI=1S/C10H5BrN2O2/c11-8-4-2-1-3-7(8)9-5-10(12-6-14)13-15-9/h1-5H. The van der Waals surface area contributed by atoms with E-state index >= 15 is 0 Å². The third-order valence-corrected chi connectivity index (χ3v) is 2.49. The summed E-state index contributed by atoms with van der Waals surface area (Å²) in [6.45, 7) is 0. The van der Waals surface area contributed by atoms with Crippen LogP contribution in [0, 0.1) is 0 Å². The molecule has 0 atom stereocenters. The monoisotopic (exact) mass is 264 g/mol. The van der Waals surface area contributed by atoms with E-state index in [1.54, 1.807) is 6.07 Å². The Balaban J connectivity index is 2.46. The van der Waals surface area contributed by atoms with Crippen LogP contribution in [0.2, 0.25) is 0 Å². The van der Waals surface area contributed by atoms with Crippen LogP contribution in [0.3, 0.4) is 0 Å². The van der Waals surface area contributed by atoms with Gasteiger partial charge in [-0.3, -0.25) is 0 Å². The summed E-state index contributed by atoms with van der Waals surface area (Å²) in [5.41, 5.74) is 0.859. The second-order valence-electron chi connectivity index (χ2n) is 2.73. The summed E-state index contributed by atoms with van der Waals surface area (Å²) in [5.74, 6) is 0.771. The lowest BCUT2D eigenvalue weighted by molar-refractivity contribution is 0.434. The smallest absolute Gasteiger partial charge is 0.242 e. The molecule has 2 rings (SSSR count). The quantitative estimate of drug-likeness (QED) is 0.619. The molecule has 0 aliphatic carbocycles. The molecule has 0 spiro atoms. The molecular formula is C10H5BrN2O2. The number of isocyanates is 1. The van der Waals surface area contributed by atoms with Crippen molar-refractivity contribution in [3.05, 3.63) is 34.8 Å². The van der Waals surface area contributed by atoms with E-state index in [1.165, 1.54) is 6.08 Å². The number of carbonyl (C=O) groups excluding carboxylic acids is 1. The van der Waals surface area contributed by atoms with Crippen molar-refractivity contribution in [2.45, 2.75) is 0 Å². The molecule has 0 saturated carbocycles. The van der Waals surface area contributed by atoms with Gasteiger partial charge in [-0.15, -0.1) is 4.99 Å². The minimum absolute atomic E-state index is 0.218. The minimum atomic E-state index is 0.218. The molecule has 4 nitrogen and oxygen atoms in total. The van der Waals surface area contributed by atoms with Crippen molar-refractivity contribution in [3.63, 3.8) is 0 Å².